The van der Waals surface area contributed by atoms with E-state index in [4.69, 9.17) is 14.5 Å². The first-order valence-electron chi connectivity index (χ1n) is 10.6. The molecule has 0 amide bonds. The fourth-order valence-electron chi connectivity index (χ4n) is 3.82. The van der Waals surface area contributed by atoms with E-state index in [1.165, 1.54) is 24.0 Å². The number of piperidine rings is 1. The van der Waals surface area contributed by atoms with E-state index in [1.807, 2.05) is 0 Å². The van der Waals surface area contributed by atoms with Gasteiger partial charge in [0, 0.05) is 26.2 Å². The number of ether oxygens (including phenoxy) is 2. The summed E-state index contributed by atoms with van der Waals surface area (Å²) < 4.78 is 11.9. The first-order valence-corrected chi connectivity index (χ1v) is 10.6. The van der Waals surface area contributed by atoms with Crippen molar-refractivity contribution in [2.75, 3.05) is 32.8 Å². The number of aryl methyl sites for hydroxylation is 1. The second kappa shape index (κ2) is 10.7. The summed E-state index contributed by atoms with van der Waals surface area (Å²) in [6.45, 7) is 9.51. The van der Waals surface area contributed by atoms with Crippen LogP contribution in [-0.4, -0.2) is 55.9 Å². The van der Waals surface area contributed by atoms with Crippen LogP contribution in [0.5, 0.6) is 0 Å². The number of guanidine groups is 1. The van der Waals surface area contributed by atoms with Crippen LogP contribution in [0.25, 0.3) is 0 Å². The van der Waals surface area contributed by atoms with Crippen LogP contribution in [0.15, 0.2) is 29.3 Å². The Hall–Kier alpha value is -1.59. The summed E-state index contributed by atoms with van der Waals surface area (Å²) in [5.74, 6) is 1.02. The smallest absolute Gasteiger partial charge is 0.194 e. The van der Waals surface area contributed by atoms with E-state index in [-0.39, 0.29) is 0 Å². The maximum atomic E-state index is 6.14. The zero-order chi connectivity index (χ0) is 18.9. The van der Waals surface area contributed by atoms with Gasteiger partial charge in [-0.3, -0.25) is 0 Å². The third-order valence-corrected chi connectivity index (χ3v) is 5.36. The monoisotopic (exact) mass is 373 g/mol. The fraction of sp³-hybridized carbons (Fsp3) is 0.682. The predicted octanol–water partition coefficient (Wildman–Crippen LogP) is 3.51. The molecule has 0 saturated carbocycles. The summed E-state index contributed by atoms with van der Waals surface area (Å²) >= 11 is 0. The Labute approximate surface area is 164 Å². The minimum Gasteiger partial charge on any atom is -0.376 e. The second-order valence-corrected chi connectivity index (χ2v) is 7.67. The Morgan fingerprint density at radius 1 is 1.26 bits per heavy atom. The molecule has 2 fully saturated rings. The highest BCUT2D eigenvalue weighted by molar-refractivity contribution is 5.80. The molecule has 2 saturated heterocycles. The van der Waals surface area contributed by atoms with Crippen molar-refractivity contribution in [1.82, 2.24) is 10.2 Å². The molecule has 1 unspecified atom stereocenters. The third kappa shape index (κ3) is 6.51. The molecule has 3 rings (SSSR count). The molecule has 0 spiro atoms. The summed E-state index contributed by atoms with van der Waals surface area (Å²) in [5.41, 5.74) is 2.55. The molecule has 0 bridgehead atoms. The van der Waals surface area contributed by atoms with Crippen molar-refractivity contribution in [3.05, 3.63) is 35.4 Å². The number of hydrogen-bond donors (Lipinski definition) is 1. The standard InChI is InChI=1S/C22H35N3O2/c1-3-23-22(24-16-19-8-6-7-18(2)15-19)25-12-10-20(11-13-25)27-17-21-9-4-5-14-26-21/h6-8,15,20-21H,3-5,9-14,16-17H2,1-2H3,(H,23,24). The molecule has 2 aliphatic rings. The lowest BCUT2D eigenvalue weighted by Crippen LogP contribution is -2.47. The van der Waals surface area contributed by atoms with Gasteiger partial charge in [0.25, 0.3) is 0 Å². The topological polar surface area (TPSA) is 46.1 Å². The third-order valence-electron chi connectivity index (χ3n) is 5.36. The lowest BCUT2D eigenvalue weighted by Gasteiger charge is -2.35. The highest BCUT2D eigenvalue weighted by Gasteiger charge is 2.23. The van der Waals surface area contributed by atoms with Gasteiger partial charge >= 0.3 is 0 Å². The van der Waals surface area contributed by atoms with Gasteiger partial charge < -0.3 is 19.7 Å². The Morgan fingerprint density at radius 2 is 2.11 bits per heavy atom. The number of nitrogens with one attached hydrogen (secondary N) is 1. The number of nitrogens with zero attached hydrogens (tertiary/aromatic N) is 2. The van der Waals surface area contributed by atoms with E-state index in [2.05, 4.69) is 48.3 Å². The largest absolute Gasteiger partial charge is 0.376 e. The summed E-state index contributed by atoms with van der Waals surface area (Å²) in [4.78, 5) is 7.23. The minimum absolute atomic E-state index is 0.310. The molecule has 150 valence electrons. The molecule has 2 aliphatic heterocycles. The number of rotatable bonds is 6. The number of hydrogen-bond acceptors (Lipinski definition) is 3. The molecule has 1 atom stereocenters. The zero-order valence-electron chi connectivity index (χ0n) is 17.0. The van der Waals surface area contributed by atoms with Crippen molar-refractivity contribution in [3.63, 3.8) is 0 Å². The summed E-state index contributed by atoms with van der Waals surface area (Å²) in [7, 11) is 0. The SMILES string of the molecule is CCNC(=NCc1cccc(C)c1)N1CCC(OCC2CCCCO2)CC1. The van der Waals surface area contributed by atoms with Crippen molar-refractivity contribution < 1.29 is 9.47 Å². The Morgan fingerprint density at radius 3 is 2.81 bits per heavy atom. The minimum atomic E-state index is 0.310. The molecule has 0 radical (unpaired) electrons. The first kappa shape index (κ1) is 20.2. The van der Waals surface area contributed by atoms with Gasteiger partial charge in [-0.25, -0.2) is 4.99 Å². The van der Waals surface area contributed by atoms with Crippen molar-refractivity contribution in [2.45, 2.75) is 64.7 Å². The van der Waals surface area contributed by atoms with E-state index in [9.17, 15) is 0 Å². The van der Waals surface area contributed by atoms with Crippen LogP contribution in [0, 0.1) is 6.92 Å². The highest BCUT2D eigenvalue weighted by Crippen LogP contribution is 2.18. The molecule has 27 heavy (non-hydrogen) atoms. The molecule has 5 nitrogen and oxygen atoms in total. The number of likely N-dealkylation sites (tertiary alicyclic amines) is 1. The lowest BCUT2D eigenvalue weighted by molar-refractivity contribution is -0.0721. The molecule has 5 heteroatoms. The summed E-state index contributed by atoms with van der Waals surface area (Å²) in [6, 6.07) is 8.58. The van der Waals surface area contributed by atoms with Crippen LogP contribution >= 0.6 is 0 Å². The van der Waals surface area contributed by atoms with Crippen LogP contribution in [0.3, 0.4) is 0 Å². The molecular weight excluding hydrogens is 338 g/mol. The average molecular weight is 374 g/mol. The molecule has 0 aromatic heterocycles. The van der Waals surface area contributed by atoms with Crippen LogP contribution in [-0.2, 0) is 16.0 Å². The molecular formula is C22H35N3O2. The fourth-order valence-corrected chi connectivity index (χ4v) is 3.82. The zero-order valence-corrected chi connectivity index (χ0v) is 17.0. The van der Waals surface area contributed by atoms with Crippen LogP contribution < -0.4 is 5.32 Å². The van der Waals surface area contributed by atoms with Crippen LogP contribution in [0.2, 0.25) is 0 Å². The summed E-state index contributed by atoms with van der Waals surface area (Å²) in [6.07, 6.45) is 6.40. The highest BCUT2D eigenvalue weighted by atomic mass is 16.5. The van der Waals surface area contributed by atoms with Crippen molar-refractivity contribution in [2.24, 2.45) is 4.99 Å². The van der Waals surface area contributed by atoms with Gasteiger partial charge in [0.1, 0.15) is 0 Å². The van der Waals surface area contributed by atoms with Gasteiger partial charge in [-0.15, -0.1) is 0 Å². The second-order valence-electron chi connectivity index (χ2n) is 7.67. The Bertz CT molecular complexity index is 591. The Kier molecular flexibility index (Phi) is 7.96. The normalized spacial score (nSPS) is 22.1. The lowest BCUT2D eigenvalue weighted by atomic mass is 10.1. The van der Waals surface area contributed by atoms with Gasteiger partial charge in [-0.2, -0.15) is 0 Å². The van der Waals surface area contributed by atoms with E-state index in [0.29, 0.717) is 12.2 Å². The van der Waals surface area contributed by atoms with Crippen molar-refractivity contribution in [3.8, 4) is 0 Å². The molecule has 0 aliphatic carbocycles. The van der Waals surface area contributed by atoms with Crippen LogP contribution in [0.4, 0.5) is 0 Å². The molecule has 1 aromatic carbocycles. The number of benzene rings is 1. The van der Waals surface area contributed by atoms with E-state index in [0.717, 1.165) is 64.6 Å². The van der Waals surface area contributed by atoms with E-state index < -0.39 is 0 Å². The maximum Gasteiger partial charge on any atom is 0.194 e. The van der Waals surface area contributed by atoms with E-state index in [1.54, 1.807) is 0 Å². The van der Waals surface area contributed by atoms with Gasteiger partial charge in [-0.05, 0) is 51.5 Å². The molecule has 1 N–H and O–H groups in total. The van der Waals surface area contributed by atoms with Gasteiger partial charge in [-0.1, -0.05) is 29.8 Å². The van der Waals surface area contributed by atoms with Gasteiger partial charge in [0.2, 0.25) is 0 Å². The van der Waals surface area contributed by atoms with Crippen molar-refractivity contribution in [1.29, 1.82) is 0 Å². The average Bonchev–Trinajstić information content (AvgIpc) is 2.71. The Balaban J connectivity index is 1.46. The van der Waals surface area contributed by atoms with Gasteiger partial charge in [0.15, 0.2) is 5.96 Å². The van der Waals surface area contributed by atoms with E-state index >= 15 is 0 Å². The molecule has 2 heterocycles. The summed E-state index contributed by atoms with van der Waals surface area (Å²) in [5, 5.41) is 3.45. The van der Waals surface area contributed by atoms with Crippen molar-refractivity contribution >= 4 is 5.96 Å². The number of aliphatic imine (C=N–C) groups is 1. The first-order chi connectivity index (χ1) is 13.2. The van der Waals surface area contributed by atoms with Crippen LogP contribution in [0.1, 0.15) is 50.2 Å². The maximum absolute atomic E-state index is 6.14. The molecule has 1 aromatic rings. The van der Waals surface area contributed by atoms with Gasteiger partial charge in [0.05, 0.1) is 25.4 Å². The quantitative estimate of drug-likeness (QED) is 0.612. The predicted molar refractivity (Wildman–Crippen MR) is 110 cm³/mol.